The van der Waals surface area contributed by atoms with Gasteiger partial charge in [-0.15, -0.1) is 11.3 Å². The van der Waals surface area contributed by atoms with Gasteiger partial charge in [-0.2, -0.15) is 0 Å². The molecule has 1 saturated heterocycles. The number of aliphatic hydroxyl groups is 1. The van der Waals surface area contributed by atoms with Crippen LogP contribution in [0.3, 0.4) is 0 Å². The topological polar surface area (TPSA) is 56.6 Å². The first kappa shape index (κ1) is 16.5. The normalized spacial score (nSPS) is 18.7. The number of para-hydroxylation sites is 1. The molecule has 0 bridgehead atoms. The summed E-state index contributed by atoms with van der Waals surface area (Å²) in [6.45, 7) is 1.81. The molecule has 1 aromatic heterocycles. The van der Waals surface area contributed by atoms with Crippen molar-refractivity contribution in [2.45, 2.75) is 31.8 Å². The molecule has 3 aromatic rings. The van der Waals surface area contributed by atoms with E-state index in [1.807, 2.05) is 30.3 Å². The van der Waals surface area contributed by atoms with Crippen molar-refractivity contribution in [2.24, 2.45) is 0 Å². The Morgan fingerprint density at radius 2 is 2.04 bits per heavy atom. The van der Waals surface area contributed by atoms with Gasteiger partial charge >= 0.3 is 0 Å². The highest BCUT2D eigenvalue weighted by Crippen LogP contribution is 2.33. The summed E-state index contributed by atoms with van der Waals surface area (Å²) >= 11 is 1.67. The molecule has 2 N–H and O–H groups in total. The van der Waals surface area contributed by atoms with Crippen LogP contribution in [0.2, 0.25) is 0 Å². The molecule has 2 aromatic carbocycles. The maximum atomic E-state index is 10.3. The van der Waals surface area contributed by atoms with Gasteiger partial charge in [0, 0.05) is 23.7 Å². The van der Waals surface area contributed by atoms with Gasteiger partial charge in [-0.05, 0) is 49.7 Å². The number of likely N-dealkylation sites (tertiary alicyclic amines) is 1. The molecule has 1 fully saturated rings. The summed E-state index contributed by atoms with van der Waals surface area (Å²) in [6, 6.07) is 14.0. The van der Waals surface area contributed by atoms with Crippen LogP contribution < -0.4 is 0 Å². The van der Waals surface area contributed by atoms with E-state index in [1.54, 1.807) is 17.4 Å². The second-order valence-electron chi connectivity index (χ2n) is 6.63. The lowest BCUT2D eigenvalue weighted by Gasteiger charge is -2.34. The number of nitrogens with zero attached hydrogens (tertiary/aromatic N) is 2. The summed E-state index contributed by atoms with van der Waals surface area (Å²) in [5.74, 6) is 0.312. The summed E-state index contributed by atoms with van der Waals surface area (Å²) in [5.41, 5.74) is 2.94. The SMILES string of the molecule is OC[C@@H]1CCCCN1Cc1cc(-c2nc3ccccc3s2)ccc1O. The lowest BCUT2D eigenvalue weighted by atomic mass is 10.0. The first-order valence-corrected chi connectivity index (χ1v) is 9.59. The molecule has 0 spiro atoms. The van der Waals surface area contributed by atoms with Gasteiger partial charge in [-0.3, -0.25) is 4.90 Å². The monoisotopic (exact) mass is 354 g/mol. The molecule has 0 unspecified atom stereocenters. The fourth-order valence-corrected chi connectivity index (χ4v) is 4.50. The summed E-state index contributed by atoms with van der Waals surface area (Å²) in [4.78, 5) is 6.99. The Morgan fingerprint density at radius 1 is 1.16 bits per heavy atom. The second kappa shape index (κ2) is 7.12. The number of rotatable bonds is 4. The number of phenols is 1. The van der Waals surface area contributed by atoms with E-state index >= 15 is 0 Å². The van der Waals surface area contributed by atoms with Gasteiger partial charge in [0.05, 0.1) is 16.8 Å². The van der Waals surface area contributed by atoms with Gasteiger partial charge in [0.1, 0.15) is 10.8 Å². The number of benzene rings is 2. The van der Waals surface area contributed by atoms with Crippen molar-refractivity contribution in [1.29, 1.82) is 0 Å². The highest BCUT2D eigenvalue weighted by Gasteiger charge is 2.22. The predicted octanol–water partition coefficient (Wildman–Crippen LogP) is 4.02. The molecule has 0 saturated carbocycles. The molecular weight excluding hydrogens is 332 g/mol. The molecule has 0 amide bonds. The van der Waals surface area contributed by atoms with Crippen molar-refractivity contribution < 1.29 is 10.2 Å². The van der Waals surface area contributed by atoms with Crippen LogP contribution >= 0.6 is 11.3 Å². The van der Waals surface area contributed by atoms with Crippen LogP contribution in [-0.4, -0.2) is 39.3 Å². The van der Waals surface area contributed by atoms with Crippen molar-refractivity contribution in [1.82, 2.24) is 9.88 Å². The predicted molar refractivity (Wildman–Crippen MR) is 102 cm³/mol. The van der Waals surface area contributed by atoms with Crippen LogP contribution in [0.25, 0.3) is 20.8 Å². The van der Waals surface area contributed by atoms with Crippen LogP contribution in [0, 0.1) is 0 Å². The Morgan fingerprint density at radius 3 is 2.88 bits per heavy atom. The number of hydrogen-bond donors (Lipinski definition) is 2. The third-order valence-electron chi connectivity index (χ3n) is 4.95. The number of aromatic nitrogens is 1. The first-order valence-electron chi connectivity index (χ1n) is 8.77. The molecule has 2 heterocycles. The van der Waals surface area contributed by atoms with Crippen molar-refractivity contribution in [2.75, 3.05) is 13.2 Å². The van der Waals surface area contributed by atoms with Gasteiger partial charge in [-0.1, -0.05) is 18.6 Å². The van der Waals surface area contributed by atoms with E-state index in [9.17, 15) is 10.2 Å². The largest absolute Gasteiger partial charge is 0.508 e. The van der Waals surface area contributed by atoms with Crippen LogP contribution in [-0.2, 0) is 6.54 Å². The maximum absolute atomic E-state index is 10.3. The fraction of sp³-hybridized carbons (Fsp3) is 0.350. The van der Waals surface area contributed by atoms with Crippen molar-refractivity contribution in [3.63, 3.8) is 0 Å². The van der Waals surface area contributed by atoms with E-state index in [0.29, 0.717) is 12.3 Å². The number of piperidine rings is 1. The molecule has 0 radical (unpaired) electrons. The Bertz CT molecular complexity index is 844. The Labute approximate surface area is 151 Å². The second-order valence-corrected chi connectivity index (χ2v) is 7.66. The average Bonchev–Trinajstić information content (AvgIpc) is 3.08. The Kier molecular flexibility index (Phi) is 4.70. The Balaban J connectivity index is 1.64. The number of hydrogen-bond acceptors (Lipinski definition) is 5. The summed E-state index contributed by atoms with van der Waals surface area (Å²) in [6.07, 6.45) is 3.34. The molecule has 130 valence electrons. The molecule has 4 nitrogen and oxygen atoms in total. The molecule has 1 aliphatic heterocycles. The lowest BCUT2D eigenvalue weighted by Crippen LogP contribution is -2.41. The van der Waals surface area contributed by atoms with Gasteiger partial charge in [0.15, 0.2) is 0 Å². The molecule has 0 aliphatic carbocycles. The number of aromatic hydroxyl groups is 1. The zero-order valence-electron chi connectivity index (χ0n) is 14.1. The third kappa shape index (κ3) is 3.40. The summed E-state index contributed by atoms with van der Waals surface area (Å²) in [5, 5.41) is 20.9. The smallest absolute Gasteiger partial charge is 0.124 e. The van der Waals surface area contributed by atoms with E-state index in [-0.39, 0.29) is 12.6 Å². The van der Waals surface area contributed by atoms with E-state index in [0.717, 1.165) is 41.0 Å². The van der Waals surface area contributed by atoms with Gasteiger partial charge in [-0.25, -0.2) is 4.98 Å². The van der Waals surface area contributed by atoms with Gasteiger partial charge in [0.2, 0.25) is 0 Å². The number of fused-ring (bicyclic) bond motifs is 1. The van der Waals surface area contributed by atoms with Crippen molar-refractivity contribution >= 4 is 21.6 Å². The van der Waals surface area contributed by atoms with E-state index in [2.05, 4.69) is 11.0 Å². The van der Waals surface area contributed by atoms with Gasteiger partial charge < -0.3 is 10.2 Å². The molecule has 1 aliphatic rings. The minimum Gasteiger partial charge on any atom is -0.508 e. The minimum atomic E-state index is 0.179. The standard InChI is InChI=1S/C20H22N2O2S/c23-13-16-5-3-4-10-22(16)12-15-11-14(8-9-18(15)24)20-21-17-6-1-2-7-19(17)25-20/h1-2,6-9,11,16,23-24H,3-5,10,12-13H2/t16-/m0/s1. The first-order chi connectivity index (χ1) is 12.2. The minimum absolute atomic E-state index is 0.179. The third-order valence-corrected chi connectivity index (χ3v) is 6.04. The van der Waals surface area contributed by atoms with Crippen molar-refractivity contribution in [3.05, 3.63) is 48.0 Å². The van der Waals surface area contributed by atoms with E-state index < -0.39 is 0 Å². The van der Waals surface area contributed by atoms with E-state index in [1.165, 1.54) is 11.1 Å². The molecule has 25 heavy (non-hydrogen) atoms. The summed E-state index contributed by atoms with van der Waals surface area (Å²) < 4.78 is 1.17. The Hall–Kier alpha value is -1.95. The van der Waals surface area contributed by atoms with Crippen LogP contribution in [0.4, 0.5) is 0 Å². The fourth-order valence-electron chi connectivity index (χ4n) is 3.53. The zero-order valence-corrected chi connectivity index (χ0v) is 14.9. The number of phenolic OH excluding ortho intramolecular Hbond substituents is 1. The van der Waals surface area contributed by atoms with E-state index in [4.69, 9.17) is 4.98 Å². The van der Waals surface area contributed by atoms with Crippen LogP contribution in [0.5, 0.6) is 5.75 Å². The molecule has 1 atom stereocenters. The quantitative estimate of drug-likeness (QED) is 0.743. The molecule has 4 rings (SSSR count). The maximum Gasteiger partial charge on any atom is 0.124 e. The highest BCUT2D eigenvalue weighted by molar-refractivity contribution is 7.21. The van der Waals surface area contributed by atoms with Crippen molar-refractivity contribution in [3.8, 4) is 16.3 Å². The highest BCUT2D eigenvalue weighted by atomic mass is 32.1. The van der Waals surface area contributed by atoms with Crippen LogP contribution in [0.1, 0.15) is 24.8 Å². The molecule has 5 heteroatoms. The van der Waals surface area contributed by atoms with Crippen LogP contribution in [0.15, 0.2) is 42.5 Å². The average molecular weight is 354 g/mol. The summed E-state index contributed by atoms with van der Waals surface area (Å²) in [7, 11) is 0. The van der Waals surface area contributed by atoms with Gasteiger partial charge in [0.25, 0.3) is 0 Å². The number of thiazole rings is 1. The zero-order chi connectivity index (χ0) is 17.2. The lowest BCUT2D eigenvalue weighted by molar-refractivity contribution is 0.0835. The number of aliphatic hydroxyl groups excluding tert-OH is 1. The molecular formula is C20H22N2O2S.